The lowest BCUT2D eigenvalue weighted by Crippen LogP contribution is -2.18. The van der Waals surface area contributed by atoms with Gasteiger partial charge in [0, 0.05) is 33.3 Å². The minimum absolute atomic E-state index is 0.0911. The minimum atomic E-state index is -0.833. The molecule has 2 unspecified atom stereocenters. The number of hydrogen-bond donors (Lipinski definition) is 4. The quantitative estimate of drug-likeness (QED) is 0.213. The van der Waals surface area contributed by atoms with E-state index in [0.717, 1.165) is 6.92 Å². The van der Waals surface area contributed by atoms with E-state index in [9.17, 15) is 24.0 Å². The molecule has 0 rings (SSSR count). The number of carbonyl (C=O) groups excluding carboxylic acids is 4. The average Bonchev–Trinajstić information content (AvgIpc) is 2.79. The highest BCUT2D eigenvalue weighted by Crippen LogP contribution is 1.99. The van der Waals surface area contributed by atoms with Crippen LogP contribution in [0.15, 0.2) is 0 Å². The van der Waals surface area contributed by atoms with Crippen LogP contribution >= 0.6 is 0 Å². The smallest absolute Gasteiger partial charge is 0.309 e. The summed E-state index contributed by atoms with van der Waals surface area (Å²) < 4.78 is 18.5. The van der Waals surface area contributed by atoms with Crippen LogP contribution in [0.4, 0.5) is 0 Å². The van der Waals surface area contributed by atoms with Crippen LogP contribution in [0.1, 0.15) is 94.9 Å². The van der Waals surface area contributed by atoms with Crippen molar-refractivity contribution in [3.63, 3.8) is 0 Å². The van der Waals surface area contributed by atoms with Gasteiger partial charge in [0.05, 0.1) is 38.8 Å². The van der Waals surface area contributed by atoms with Crippen LogP contribution in [0.25, 0.3) is 0 Å². The van der Waals surface area contributed by atoms with Crippen LogP contribution < -0.4 is 0 Å². The van der Waals surface area contributed by atoms with Gasteiger partial charge >= 0.3 is 29.8 Å². The molecule has 0 aromatic carbocycles. The summed E-state index contributed by atoms with van der Waals surface area (Å²) in [6.45, 7) is 17.4. The Morgan fingerprint density at radius 2 is 0.950 bits per heavy atom. The topological polar surface area (TPSA) is 220 Å². The van der Waals surface area contributed by atoms with E-state index >= 15 is 0 Å². The van der Waals surface area contributed by atoms with Crippen molar-refractivity contribution in [2.75, 3.05) is 26.4 Å². The van der Waals surface area contributed by atoms with Gasteiger partial charge in [-0.2, -0.15) is 0 Å². The molecule has 4 N–H and O–H groups in total. The Labute approximate surface area is 237 Å². The zero-order valence-corrected chi connectivity index (χ0v) is 25.7. The Hall–Kier alpha value is -3.26. The maximum Gasteiger partial charge on any atom is 0.309 e. The molecule has 0 aliphatic carbocycles. The molecule has 0 aliphatic heterocycles. The summed E-state index contributed by atoms with van der Waals surface area (Å²) in [4.78, 5) is 60.3. The molecule has 40 heavy (non-hydrogen) atoms. The summed E-state index contributed by atoms with van der Waals surface area (Å²) in [5.41, 5.74) is 0. The molecule has 0 bridgehead atoms. The summed E-state index contributed by atoms with van der Waals surface area (Å²) in [6, 6.07) is 0. The second-order valence-electron chi connectivity index (χ2n) is 7.03. The first-order chi connectivity index (χ1) is 18.4. The van der Waals surface area contributed by atoms with Gasteiger partial charge in [-0.15, -0.1) is 0 Å². The number of carbonyl (C=O) groups is 6. The van der Waals surface area contributed by atoms with Crippen LogP contribution in [0.5, 0.6) is 0 Å². The molecule has 0 aliphatic rings. The maximum atomic E-state index is 10.8. The highest BCUT2D eigenvalue weighted by molar-refractivity contribution is 5.71. The summed E-state index contributed by atoms with van der Waals surface area (Å²) in [6.07, 6.45) is -0.0830. The molecule has 0 heterocycles. The van der Waals surface area contributed by atoms with Gasteiger partial charge in [-0.05, 0) is 41.5 Å². The lowest BCUT2D eigenvalue weighted by Gasteiger charge is -2.10. The lowest BCUT2D eigenvalue weighted by molar-refractivity contribution is -0.152. The molecular weight excluding hydrogens is 536 g/mol. The number of rotatable bonds is 10. The lowest BCUT2D eigenvalue weighted by atomic mass is 10.3. The number of hydrogen-bond acceptors (Lipinski definition) is 12. The molecule has 0 saturated carbocycles. The first-order valence-corrected chi connectivity index (χ1v) is 12.8. The summed E-state index contributed by atoms with van der Waals surface area (Å²) in [7, 11) is 0. The third-order valence-electron chi connectivity index (χ3n) is 2.79. The van der Waals surface area contributed by atoms with Gasteiger partial charge in [-0.25, -0.2) is 0 Å². The van der Waals surface area contributed by atoms with E-state index < -0.39 is 24.1 Å². The van der Waals surface area contributed by atoms with Gasteiger partial charge in [0.1, 0.15) is 6.10 Å². The van der Waals surface area contributed by atoms with Crippen molar-refractivity contribution in [2.24, 2.45) is 0 Å². The van der Waals surface area contributed by atoms with E-state index in [0.29, 0.717) is 26.2 Å². The van der Waals surface area contributed by atoms with Crippen LogP contribution in [0, 0.1) is 0 Å². The Balaban J connectivity index is -0.0000000922. The summed E-state index contributed by atoms with van der Waals surface area (Å²) in [5, 5.41) is 31.4. The molecule has 240 valence electrons. The van der Waals surface area contributed by atoms with Crippen molar-refractivity contribution >= 4 is 35.8 Å². The van der Waals surface area contributed by atoms with Crippen molar-refractivity contribution in [3.05, 3.63) is 0 Å². The third kappa shape index (κ3) is 83.7. The molecule has 0 aromatic heterocycles. The molecule has 14 heteroatoms. The second kappa shape index (κ2) is 40.2. The average molecular weight is 589 g/mol. The molecule has 14 nitrogen and oxygen atoms in total. The largest absolute Gasteiger partial charge is 0.481 e. The normalized spacial score (nSPS) is 9.90. The number of carboxylic acid groups (broad SMARTS) is 2. The molecule has 0 amide bonds. The van der Waals surface area contributed by atoms with Crippen LogP contribution in [-0.2, 0) is 47.7 Å². The van der Waals surface area contributed by atoms with E-state index in [1.165, 1.54) is 6.92 Å². The van der Waals surface area contributed by atoms with E-state index in [-0.39, 0.29) is 49.7 Å². The van der Waals surface area contributed by atoms with Gasteiger partial charge in [-0.3, -0.25) is 28.8 Å². The van der Waals surface area contributed by atoms with E-state index in [4.69, 9.17) is 30.0 Å². The predicted octanol–water partition coefficient (Wildman–Crippen LogP) is 2.74. The second-order valence-corrected chi connectivity index (χ2v) is 7.03. The zero-order chi connectivity index (χ0) is 33.1. The van der Waals surface area contributed by atoms with Crippen molar-refractivity contribution in [3.8, 4) is 0 Å². The molecule has 0 radical (unpaired) electrons. The van der Waals surface area contributed by atoms with E-state index in [1.807, 2.05) is 0 Å². The molecule has 0 aromatic rings. The molecule has 2 atom stereocenters. The van der Waals surface area contributed by atoms with Crippen LogP contribution in [-0.4, -0.2) is 94.9 Å². The molecule has 0 fully saturated rings. The number of aliphatic hydroxyl groups is 2. The van der Waals surface area contributed by atoms with Gasteiger partial charge < -0.3 is 39.4 Å². The van der Waals surface area contributed by atoms with E-state index in [2.05, 4.69) is 14.2 Å². The highest BCUT2D eigenvalue weighted by atomic mass is 16.6. The molecule has 0 saturated heterocycles. The van der Waals surface area contributed by atoms with Gasteiger partial charge in [0.25, 0.3) is 5.97 Å². The van der Waals surface area contributed by atoms with Crippen molar-refractivity contribution < 1.29 is 68.1 Å². The Morgan fingerprint density at radius 1 is 0.650 bits per heavy atom. The molecular formula is C26H52O14. The maximum absolute atomic E-state index is 10.8. The van der Waals surface area contributed by atoms with Gasteiger partial charge in [-0.1, -0.05) is 13.8 Å². The fraction of sp³-hybridized carbons (Fsp3) is 0.769. The van der Waals surface area contributed by atoms with Crippen LogP contribution in [0.3, 0.4) is 0 Å². The highest BCUT2D eigenvalue weighted by Gasteiger charge is 2.11. The minimum Gasteiger partial charge on any atom is -0.481 e. The summed E-state index contributed by atoms with van der Waals surface area (Å²) >= 11 is 0. The zero-order valence-electron chi connectivity index (χ0n) is 25.7. The summed E-state index contributed by atoms with van der Waals surface area (Å²) in [5.74, 6) is -2.77. The van der Waals surface area contributed by atoms with Crippen molar-refractivity contribution in [1.29, 1.82) is 0 Å². The number of aliphatic hydroxyl groups excluding tert-OH is 2. The first kappa shape index (κ1) is 49.7. The Bertz CT molecular complexity index is 629. The van der Waals surface area contributed by atoms with Gasteiger partial charge in [0.2, 0.25) is 0 Å². The molecule has 0 spiro atoms. The van der Waals surface area contributed by atoms with Crippen molar-refractivity contribution in [1.82, 2.24) is 0 Å². The van der Waals surface area contributed by atoms with E-state index in [1.54, 1.807) is 55.4 Å². The predicted molar refractivity (Wildman–Crippen MR) is 146 cm³/mol. The number of esters is 4. The monoisotopic (exact) mass is 588 g/mol. The van der Waals surface area contributed by atoms with Crippen LogP contribution in [0.2, 0.25) is 0 Å². The number of carboxylic acids is 2. The fourth-order valence-electron chi connectivity index (χ4n) is 1.50. The third-order valence-corrected chi connectivity index (χ3v) is 2.79. The van der Waals surface area contributed by atoms with Gasteiger partial charge in [0.15, 0.2) is 0 Å². The van der Waals surface area contributed by atoms with Crippen molar-refractivity contribution in [2.45, 2.75) is 107 Å². The SMILES string of the molecule is CC(=O)O.CCC(=O)O.CCO.CCOC(=O)CC.CCOC(=O)CC(C)O.CCOC(=O)CC(C)OC(C)=O. The first-order valence-electron chi connectivity index (χ1n) is 12.8. The fourth-order valence-corrected chi connectivity index (χ4v) is 1.50. The Kier molecular flexibility index (Phi) is 50.0. The standard InChI is InChI=1S/C8H14O4.C6H12O3.C5H10O2.C3H6O2.C2H4O2.C2H6O/c1-4-11-8(10)5-6(2)12-7(3)9;1-3-9-6(8)4-5(2)7;1-3-5(6)7-4-2;1-2-3(4)5;1-2(3)4;1-2-3/h6H,4-5H2,1-3H3;5,7H,3-4H2,1-2H3;3-4H2,1-2H3;2H2,1H3,(H,4,5);1H3,(H,3,4);3H,2H2,1H3. The number of ether oxygens (including phenoxy) is 4. The number of aliphatic carboxylic acids is 2. The Morgan fingerprint density at radius 3 is 1.15 bits per heavy atom.